The Bertz CT molecular complexity index is 531. The van der Waals surface area contributed by atoms with Gasteiger partial charge in [-0.15, -0.1) is 0 Å². The third-order valence-electron chi connectivity index (χ3n) is 1.91. The summed E-state index contributed by atoms with van der Waals surface area (Å²) >= 11 is 0. The first-order valence-corrected chi connectivity index (χ1v) is 4.38. The first kappa shape index (κ1) is 9.39. The summed E-state index contributed by atoms with van der Waals surface area (Å²) in [5, 5.41) is 9.16. The molecule has 2 aromatic rings. The van der Waals surface area contributed by atoms with E-state index in [9.17, 15) is 4.79 Å². The Kier molecular flexibility index (Phi) is 2.21. The Morgan fingerprint density at radius 3 is 2.80 bits per heavy atom. The van der Waals surface area contributed by atoms with Gasteiger partial charge in [0, 0.05) is 17.5 Å². The first-order valence-electron chi connectivity index (χ1n) is 4.38. The van der Waals surface area contributed by atoms with Crippen molar-refractivity contribution in [3.8, 4) is 17.3 Å². The van der Waals surface area contributed by atoms with E-state index in [1.54, 1.807) is 18.3 Å². The average molecular weight is 203 g/mol. The number of pyridine rings is 1. The molecule has 0 aliphatic heterocycles. The van der Waals surface area contributed by atoms with E-state index < -0.39 is 5.56 Å². The lowest BCUT2D eigenvalue weighted by Gasteiger charge is -2.00. The van der Waals surface area contributed by atoms with Gasteiger partial charge in [0.25, 0.3) is 5.56 Å². The molecular weight excluding hydrogens is 194 g/mol. The molecule has 15 heavy (non-hydrogen) atoms. The molecule has 0 bridgehead atoms. The van der Waals surface area contributed by atoms with Crippen molar-refractivity contribution < 1.29 is 5.11 Å². The molecule has 0 spiro atoms. The van der Waals surface area contributed by atoms with Gasteiger partial charge >= 0.3 is 0 Å². The highest BCUT2D eigenvalue weighted by Crippen LogP contribution is 2.13. The Labute approximate surface area is 85.5 Å². The van der Waals surface area contributed by atoms with Crippen molar-refractivity contribution in [3.63, 3.8) is 0 Å². The lowest BCUT2D eigenvalue weighted by atomic mass is 10.2. The molecule has 5 heteroatoms. The zero-order valence-corrected chi connectivity index (χ0v) is 8.06. The molecule has 2 rings (SSSR count). The van der Waals surface area contributed by atoms with Crippen molar-refractivity contribution in [2.75, 3.05) is 0 Å². The van der Waals surface area contributed by atoms with Gasteiger partial charge in [0.2, 0.25) is 5.88 Å². The normalized spacial score (nSPS) is 10.2. The third-order valence-corrected chi connectivity index (χ3v) is 1.91. The standard InChI is InChI=1S/C10H9N3O2/c1-6-2-3-7(5-11-6)10-12-8(14)4-9(15)13-10/h2-5H,1H3,(H2,12,13,14,15). The molecule has 2 heterocycles. The number of nitrogens with zero attached hydrogens (tertiary/aromatic N) is 2. The number of H-pyrrole nitrogens is 1. The molecule has 5 nitrogen and oxygen atoms in total. The summed E-state index contributed by atoms with van der Waals surface area (Å²) in [6.45, 7) is 1.86. The molecule has 0 saturated carbocycles. The second-order valence-corrected chi connectivity index (χ2v) is 3.14. The van der Waals surface area contributed by atoms with Crippen LogP contribution in [0, 0.1) is 6.92 Å². The summed E-state index contributed by atoms with van der Waals surface area (Å²) in [6, 6.07) is 4.60. The molecule has 0 radical (unpaired) electrons. The summed E-state index contributed by atoms with van der Waals surface area (Å²) in [4.78, 5) is 21.5. The van der Waals surface area contributed by atoms with Crippen LogP contribution in [-0.4, -0.2) is 20.1 Å². The second-order valence-electron chi connectivity index (χ2n) is 3.14. The van der Waals surface area contributed by atoms with Gasteiger partial charge in [0.1, 0.15) is 5.82 Å². The summed E-state index contributed by atoms with van der Waals surface area (Å²) in [7, 11) is 0. The predicted octanol–water partition coefficient (Wildman–Crippen LogP) is 0.846. The second kappa shape index (κ2) is 3.53. The maximum absolute atomic E-state index is 11.1. The Balaban J connectivity index is 2.54. The molecule has 0 aliphatic carbocycles. The monoisotopic (exact) mass is 203 g/mol. The van der Waals surface area contributed by atoms with Crippen molar-refractivity contribution >= 4 is 0 Å². The molecule has 0 aliphatic rings. The minimum absolute atomic E-state index is 0.297. The van der Waals surface area contributed by atoms with E-state index in [-0.39, 0.29) is 5.88 Å². The molecule has 0 amide bonds. The summed E-state index contributed by atoms with van der Waals surface area (Å²) in [6.07, 6.45) is 1.59. The van der Waals surface area contributed by atoms with Gasteiger partial charge in [-0.05, 0) is 19.1 Å². The lowest BCUT2D eigenvalue weighted by molar-refractivity contribution is 0.452. The fraction of sp³-hybridized carbons (Fsp3) is 0.100. The quantitative estimate of drug-likeness (QED) is 0.720. The number of aromatic hydroxyl groups is 1. The largest absolute Gasteiger partial charge is 0.493 e. The lowest BCUT2D eigenvalue weighted by Crippen LogP contribution is -2.06. The molecule has 2 aromatic heterocycles. The molecule has 0 aromatic carbocycles. The van der Waals surface area contributed by atoms with Crippen LogP contribution in [-0.2, 0) is 0 Å². The van der Waals surface area contributed by atoms with Crippen LogP contribution in [0.3, 0.4) is 0 Å². The van der Waals surface area contributed by atoms with Crippen LogP contribution in [0.25, 0.3) is 11.4 Å². The number of aryl methyl sites for hydroxylation is 1. The van der Waals surface area contributed by atoms with Crippen LogP contribution in [0.15, 0.2) is 29.2 Å². The molecule has 2 N–H and O–H groups in total. The molecule has 0 fully saturated rings. The zero-order chi connectivity index (χ0) is 10.8. The van der Waals surface area contributed by atoms with Crippen LogP contribution in [0.2, 0.25) is 0 Å². The smallest absolute Gasteiger partial charge is 0.254 e. The Morgan fingerprint density at radius 1 is 1.40 bits per heavy atom. The number of rotatable bonds is 1. The van der Waals surface area contributed by atoms with Gasteiger partial charge in [0.15, 0.2) is 0 Å². The highest BCUT2D eigenvalue weighted by atomic mass is 16.3. The zero-order valence-electron chi connectivity index (χ0n) is 8.06. The van der Waals surface area contributed by atoms with Gasteiger partial charge in [-0.1, -0.05) is 0 Å². The van der Waals surface area contributed by atoms with E-state index in [1.807, 2.05) is 6.92 Å². The SMILES string of the molecule is Cc1ccc(-c2nc(O)cc(=O)[nH]2)cn1. The molecule has 0 unspecified atom stereocenters. The number of hydrogen-bond donors (Lipinski definition) is 2. The topological polar surface area (TPSA) is 78.9 Å². The molecular formula is C10H9N3O2. The van der Waals surface area contributed by atoms with Crippen LogP contribution < -0.4 is 5.56 Å². The minimum atomic E-state index is -0.391. The van der Waals surface area contributed by atoms with E-state index in [1.165, 1.54) is 0 Å². The third kappa shape index (κ3) is 2.01. The molecule has 0 saturated heterocycles. The summed E-state index contributed by atoms with van der Waals surface area (Å²) in [5.74, 6) is 0.0156. The van der Waals surface area contributed by atoms with Crippen molar-refractivity contribution in [1.82, 2.24) is 15.0 Å². The molecule has 0 atom stereocenters. The van der Waals surface area contributed by atoms with Crippen molar-refractivity contribution in [3.05, 3.63) is 40.4 Å². The Hall–Kier alpha value is -2.17. The number of hydrogen-bond acceptors (Lipinski definition) is 4. The number of aromatic amines is 1. The fourth-order valence-electron chi connectivity index (χ4n) is 1.19. The van der Waals surface area contributed by atoms with Gasteiger partial charge in [0.05, 0.1) is 6.07 Å². The van der Waals surface area contributed by atoms with Gasteiger partial charge < -0.3 is 10.1 Å². The minimum Gasteiger partial charge on any atom is -0.493 e. The highest BCUT2D eigenvalue weighted by molar-refractivity contribution is 5.53. The van der Waals surface area contributed by atoms with Crippen LogP contribution in [0.1, 0.15) is 5.69 Å². The van der Waals surface area contributed by atoms with Gasteiger partial charge in [-0.2, -0.15) is 4.98 Å². The molecule has 76 valence electrons. The van der Waals surface area contributed by atoms with Crippen LogP contribution in [0.4, 0.5) is 0 Å². The average Bonchev–Trinajstić information content (AvgIpc) is 2.17. The van der Waals surface area contributed by atoms with Crippen molar-refractivity contribution in [2.24, 2.45) is 0 Å². The van der Waals surface area contributed by atoms with Gasteiger partial charge in [-0.25, -0.2) is 0 Å². The van der Waals surface area contributed by atoms with Crippen LogP contribution in [0.5, 0.6) is 5.88 Å². The van der Waals surface area contributed by atoms with Gasteiger partial charge in [-0.3, -0.25) is 9.78 Å². The number of aromatic nitrogens is 3. The van der Waals surface area contributed by atoms with Crippen LogP contribution >= 0.6 is 0 Å². The van der Waals surface area contributed by atoms with Crippen molar-refractivity contribution in [1.29, 1.82) is 0 Å². The summed E-state index contributed by atoms with van der Waals surface area (Å²) < 4.78 is 0. The predicted molar refractivity (Wildman–Crippen MR) is 54.5 cm³/mol. The van der Waals surface area contributed by atoms with E-state index >= 15 is 0 Å². The summed E-state index contributed by atoms with van der Waals surface area (Å²) in [5.41, 5.74) is 1.15. The number of nitrogens with one attached hydrogen (secondary N) is 1. The maximum atomic E-state index is 11.1. The highest BCUT2D eigenvalue weighted by Gasteiger charge is 2.02. The van der Waals surface area contributed by atoms with E-state index in [2.05, 4.69) is 15.0 Å². The first-order chi connectivity index (χ1) is 7.15. The maximum Gasteiger partial charge on any atom is 0.254 e. The van der Waals surface area contributed by atoms with E-state index in [4.69, 9.17) is 5.11 Å². The van der Waals surface area contributed by atoms with Crippen molar-refractivity contribution in [2.45, 2.75) is 6.92 Å². The van der Waals surface area contributed by atoms with E-state index in [0.29, 0.717) is 11.4 Å². The Morgan fingerprint density at radius 2 is 2.20 bits per heavy atom. The fourth-order valence-corrected chi connectivity index (χ4v) is 1.19. The van der Waals surface area contributed by atoms with E-state index in [0.717, 1.165) is 11.8 Å².